The van der Waals surface area contributed by atoms with Crippen molar-refractivity contribution in [2.45, 2.75) is 50.2 Å². The van der Waals surface area contributed by atoms with Gasteiger partial charge in [-0.25, -0.2) is 13.4 Å². The average Bonchev–Trinajstić information content (AvgIpc) is 3.14. The van der Waals surface area contributed by atoms with Crippen LogP contribution >= 0.6 is 11.8 Å². The van der Waals surface area contributed by atoms with Gasteiger partial charge in [0.05, 0.1) is 27.8 Å². The van der Waals surface area contributed by atoms with Gasteiger partial charge in [-0.2, -0.15) is 0 Å². The molecule has 1 saturated heterocycles. The molecule has 0 spiro atoms. The zero-order valence-electron chi connectivity index (χ0n) is 15.4. The summed E-state index contributed by atoms with van der Waals surface area (Å²) in [4.78, 5) is 19.4. The van der Waals surface area contributed by atoms with E-state index >= 15 is 0 Å². The van der Waals surface area contributed by atoms with Crippen LogP contribution in [-0.2, 0) is 21.2 Å². The molecular weight excluding hydrogens is 370 g/mol. The number of fused-ring (bicyclic) bond motifs is 1. The van der Waals surface area contributed by atoms with Crippen LogP contribution in [0.2, 0.25) is 0 Å². The molecule has 1 aliphatic rings. The highest BCUT2D eigenvalue weighted by atomic mass is 32.2. The second-order valence-corrected chi connectivity index (χ2v) is 10.1. The lowest BCUT2D eigenvalue weighted by Gasteiger charge is -2.29. The third-order valence-corrected chi connectivity index (χ3v) is 7.67. The molecular formula is C18H25N3O3S2. The zero-order chi connectivity index (χ0) is 18.9. The van der Waals surface area contributed by atoms with Crippen LogP contribution in [0.4, 0.5) is 0 Å². The van der Waals surface area contributed by atoms with Crippen LogP contribution in [0.1, 0.15) is 27.2 Å². The molecule has 2 unspecified atom stereocenters. The minimum Gasteiger partial charge on any atom is -0.338 e. The van der Waals surface area contributed by atoms with E-state index in [2.05, 4.69) is 16.5 Å². The molecule has 3 rings (SSSR count). The maximum Gasteiger partial charge on any atom is 0.236 e. The lowest BCUT2D eigenvalue weighted by Crippen LogP contribution is -2.44. The number of rotatable bonds is 6. The molecule has 1 aromatic carbocycles. The highest BCUT2D eigenvalue weighted by molar-refractivity contribution is 8.00. The number of aromatic nitrogens is 2. The van der Waals surface area contributed by atoms with Crippen molar-refractivity contribution in [2.24, 2.45) is 0 Å². The Hall–Kier alpha value is -1.54. The molecule has 142 valence electrons. The van der Waals surface area contributed by atoms with E-state index in [1.165, 1.54) is 11.8 Å². The van der Waals surface area contributed by atoms with E-state index in [-0.39, 0.29) is 28.7 Å². The molecule has 2 heterocycles. The van der Waals surface area contributed by atoms with Crippen LogP contribution in [-0.4, -0.2) is 58.1 Å². The normalized spacial score (nSPS) is 20.3. The largest absolute Gasteiger partial charge is 0.338 e. The van der Waals surface area contributed by atoms with E-state index < -0.39 is 9.84 Å². The van der Waals surface area contributed by atoms with Crippen LogP contribution in [0.25, 0.3) is 11.0 Å². The Bertz CT molecular complexity index is 908. The Morgan fingerprint density at radius 1 is 1.38 bits per heavy atom. The Morgan fingerprint density at radius 3 is 2.73 bits per heavy atom. The molecule has 1 aromatic heterocycles. The summed E-state index contributed by atoms with van der Waals surface area (Å²) in [5.41, 5.74) is 1.98. The number of para-hydroxylation sites is 2. The molecule has 2 aromatic rings. The van der Waals surface area contributed by atoms with Crippen LogP contribution in [0.5, 0.6) is 0 Å². The fourth-order valence-corrected chi connectivity index (χ4v) is 6.30. The van der Waals surface area contributed by atoms with Gasteiger partial charge in [0.1, 0.15) is 0 Å². The number of hydrogen-bond acceptors (Lipinski definition) is 5. The fraction of sp³-hybridized carbons (Fsp3) is 0.556. The molecule has 0 saturated carbocycles. The molecule has 2 atom stereocenters. The van der Waals surface area contributed by atoms with E-state index in [1.807, 2.05) is 38.1 Å². The summed E-state index contributed by atoms with van der Waals surface area (Å²) < 4.78 is 25.7. The number of carbonyl (C=O) groups excluding carboxylic acids is 1. The molecule has 26 heavy (non-hydrogen) atoms. The first-order valence-electron chi connectivity index (χ1n) is 8.99. The first-order valence-corrected chi connectivity index (χ1v) is 11.7. The maximum absolute atomic E-state index is 13.0. The summed E-state index contributed by atoms with van der Waals surface area (Å²) in [6.07, 6.45) is 0.534. The Balaban J connectivity index is 1.78. The summed E-state index contributed by atoms with van der Waals surface area (Å²) in [6.45, 7) is 7.14. The molecule has 1 amide bonds. The topological polar surface area (TPSA) is 72.3 Å². The lowest BCUT2D eigenvalue weighted by molar-refractivity contribution is -0.131. The SMILES string of the molecule is CCN(C(=O)C(C)Sc1nc2ccccc2n1CC)C1CCS(=O)(=O)C1. The molecule has 0 radical (unpaired) electrons. The van der Waals surface area contributed by atoms with Gasteiger partial charge >= 0.3 is 0 Å². The third-order valence-electron chi connectivity index (χ3n) is 4.84. The van der Waals surface area contributed by atoms with Gasteiger partial charge in [-0.15, -0.1) is 0 Å². The maximum atomic E-state index is 13.0. The number of thioether (sulfide) groups is 1. The van der Waals surface area contributed by atoms with Gasteiger partial charge in [0.15, 0.2) is 15.0 Å². The van der Waals surface area contributed by atoms with Gasteiger partial charge in [-0.3, -0.25) is 4.79 Å². The van der Waals surface area contributed by atoms with Crippen molar-refractivity contribution in [1.82, 2.24) is 14.5 Å². The Morgan fingerprint density at radius 2 is 2.12 bits per heavy atom. The third kappa shape index (κ3) is 3.76. The van der Waals surface area contributed by atoms with Crippen molar-refractivity contribution in [2.75, 3.05) is 18.1 Å². The van der Waals surface area contributed by atoms with E-state index in [4.69, 9.17) is 0 Å². The molecule has 1 aliphatic heterocycles. The summed E-state index contributed by atoms with van der Waals surface area (Å²) in [5, 5.41) is 0.505. The fourth-order valence-electron chi connectivity index (χ4n) is 3.51. The smallest absolute Gasteiger partial charge is 0.236 e. The van der Waals surface area contributed by atoms with Crippen LogP contribution in [0.3, 0.4) is 0 Å². The van der Waals surface area contributed by atoms with E-state index in [1.54, 1.807) is 4.90 Å². The standard InChI is InChI=1S/C18H25N3O3S2/c1-4-20(14-10-11-26(23,24)12-14)17(22)13(3)25-18-19-15-8-6-7-9-16(15)21(18)5-2/h6-9,13-14H,4-5,10-12H2,1-3H3. The Labute approximate surface area is 158 Å². The van der Waals surface area contributed by atoms with Gasteiger partial charge in [0, 0.05) is 19.1 Å². The Kier molecular flexibility index (Phi) is 5.62. The van der Waals surface area contributed by atoms with Crippen LogP contribution < -0.4 is 0 Å². The molecule has 0 bridgehead atoms. The van der Waals surface area contributed by atoms with Gasteiger partial charge in [-0.1, -0.05) is 23.9 Å². The zero-order valence-corrected chi connectivity index (χ0v) is 17.0. The van der Waals surface area contributed by atoms with Gasteiger partial charge < -0.3 is 9.47 Å². The van der Waals surface area contributed by atoms with Crippen molar-refractivity contribution >= 4 is 38.5 Å². The highest BCUT2D eigenvalue weighted by Crippen LogP contribution is 2.29. The van der Waals surface area contributed by atoms with Gasteiger partial charge in [0.2, 0.25) is 5.91 Å². The van der Waals surface area contributed by atoms with Crippen LogP contribution in [0.15, 0.2) is 29.4 Å². The summed E-state index contributed by atoms with van der Waals surface area (Å²) in [6, 6.07) is 7.74. The number of imidazole rings is 1. The molecule has 0 aliphatic carbocycles. The minimum absolute atomic E-state index is 0.0192. The summed E-state index contributed by atoms with van der Waals surface area (Å²) in [7, 11) is -3.01. The number of benzene rings is 1. The lowest BCUT2D eigenvalue weighted by atomic mass is 10.2. The predicted octanol–water partition coefficient (Wildman–Crippen LogP) is 2.57. The molecule has 8 heteroatoms. The van der Waals surface area contributed by atoms with E-state index in [0.29, 0.717) is 13.0 Å². The highest BCUT2D eigenvalue weighted by Gasteiger charge is 2.35. The van der Waals surface area contributed by atoms with Crippen molar-refractivity contribution in [3.63, 3.8) is 0 Å². The van der Waals surface area contributed by atoms with Crippen LogP contribution in [0, 0.1) is 0 Å². The number of carbonyl (C=O) groups is 1. The number of sulfone groups is 1. The van der Waals surface area contributed by atoms with Crippen molar-refractivity contribution < 1.29 is 13.2 Å². The minimum atomic E-state index is -3.01. The number of hydrogen-bond donors (Lipinski definition) is 0. The van der Waals surface area contributed by atoms with Gasteiger partial charge in [-0.05, 0) is 39.3 Å². The first kappa shape index (κ1) is 19.2. The molecule has 6 nitrogen and oxygen atoms in total. The number of amides is 1. The van der Waals surface area contributed by atoms with E-state index in [0.717, 1.165) is 22.7 Å². The van der Waals surface area contributed by atoms with Crippen molar-refractivity contribution in [3.8, 4) is 0 Å². The number of aryl methyl sites for hydroxylation is 1. The second kappa shape index (κ2) is 7.60. The van der Waals surface area contributed by atoms with Gasteiger partial charge in [0.25, 0.3) is 0 Å². The second-order valence-electron chi connectivity index (χ2n) is 6.57. The summed E-state index contributed by atoms with van der Waals surface area (Å²) >= 11 is 1.44. The molecule has 0 N–H and O–H groups in total. The summed E-state index contributed by atoms with van der Waals surface area (Å²) in [5.74, 6) is 0.237. The average molecular weight is 396 g/mol. The van der Waals surface area contributed by atoms with Crippen molar-refractivity contribution in [3.05, 3.63) is 24.3 Å². The molecule has 1 fully saturated rings. The number of nitrogens with zero attached hydrogens (tertiary/aromatic N) is 3. The first-order chi connectivity index (χ1) is 12.4. The quantitative estimate of drug-likeness (QED) is 0.703. The van der Waals surface area contributed by atoms with E-state index in [9.17, 15) is 13.2 Å². The predicted molar refractivity (Wildman–Crippen MR) is 105 cm³/mol. The van der Waals surface area contributed by atoms with Crippen molar-refractivity contribution in [1.29, 1.82) is 0 Å². The monoisotopic (exact) mass is 395 g/mol.